The molecule has 9 heteroatoms. The van der Waals surface area contributed by atoms with Crippen LogP contribution in [0.3, 0.4) is 0 Å². The van der Waals surface area contributed by atoms with Gasteiger partial charge in [0.25, 0.3) is 5.91 Å². The number of benzene rings is 2. The predicted octanol–water partition coefficient (Wildman–Crippen LogP) is 4.25. The van der Waals surface area contributed by atoms with Crippen LogP contribution in [0.25, 0.3) is 10.6 Å². The van der Waals surface area contributed by atoms with Crippen molar-refractivity contribution >= 4 is 28.6 Å². The number of hydrogen-bond donors (Lipinski definition) is 1. The lowest BCUT2D eigenvalue weighted by atomic mass is 10.1. The zero-order chi connectivity index (χ0) is 18.0. The van der Waals surface area contributed by atoms with Crippen molar-refractivity contribution in [3.05, 3.63) is 75.3 Å². The molecule has 6 nitrogen and oxygen atoms in total. The first-order chi connectivity index (χ1) is 12.0. The molecule has 1 heterocycles. The molecular formula is C16H9F2N3O3S. The lowest BCUT2D eigenvalue weighted by molar-refractivity contribution is -0.387. The number of thiazole rings is 1. The fraction of sp³-hybridized carbons (Fsp3) is 0. The summed E-state index contributed by atoms with van der Waals surface area (Å²) in [5, 5.41) is 15.7. The predicted molar refractivity (Wildman–Crippen MR) is 88.5 cm³/mol. The number of halogens is 2. The molecule has 0 atom stereocenters. The molecule has 0 saturated heterocycles. The van der Waals surface area contributed by atoms with E-state index in [1.807, 2.05) is 0 Å². The largest absolute Gasteiger partial charge is 0.322 e. The van der Waals surface area contributed by atoms with E-state index in [4.69, 9.17) is 0 Å². The van der Waals surface area contributed by atoms with Gasteiger partial charge < -0.3 is 5.32 Å². The van der Waals surface area contributed by atoms with Gasteiger partial charge in [-0.2, -0.15) is 4.39 Å². The average Bonchev–Trinajstić information content (AvgIpc) is 3.09. The van der Waals surface area contributed by atoms with Crippen molar-refractivity contribution in [3.8, 4) is 10.6 Å². The first-order valence-electron chi connectivity index (χ1n) is 6.90. The number of carbonyl (C=O) groups excluding carboxylic acids is 1. The lowest BCUT2D eigenvalue weighted by Crippen LogP contribution is -2.14. The normalized spacial score (nSPS) is 10.5. The van der Waals surface area contributed by atoms with E-state index in [0.29, 0.717) is 17.8 Å². The molecule has 0 saturated carbocycles. The Bertz CT molecular complexity index is 961. The number of hydrogen-bond acceptors (Lipinski definition) is 5. The topological polar surface area (TPSA) is 85.1 Å². The number of nitro benzene ring substituents is 1. The van der Waals surface area contributed by atoms with Crippen LogP contribution in [-0.4, -0.2) is 15.8 Å². The average molecular weight is 361 g/mol. The summed E-state index contributed by atoms with van der Waals surface area (Å²) in [7, 11) is 0. The highest BCUT2D eigenvalue weighted by Gasteiger charge is 2.22. The molecule has 1 amide bonds. The second-order valence-corrected chi connectivity index (χ2v) is 5.81. The van der Waals surface area contributed by atoms with Gasteiger partial charge in [0.15, 0.2) is 0 Å². The summed E-state index contributed by atoms with van der Waals surface area (Å²) in [6.07, 6.45) is 1.64. The number of nitro groups is 1. The summed E-state index contributed by atoms with van der Waals surface area (Å²) < 4.78 is 27.2. The minimum Gasteiger partial charge on any atom is -0.322 e. The Labute approximate surface area is 143 Å². The highest BCUT2D eigenvalue weighted by molar-refractivity contribution is 7.13. The van der Waals surface area contributed by atoms with E-state index in [0.717, 1.165) is 10.6 Å². The molecule has 0 aliphatic rings. The Morgan fingerprint density at radius 2 is 2.00 bits per heavy atom. The molecule has 0 bridgehead atoms. The second-order valence-electron chi connectivity index (χ2n) is 4.91. The fourth-order valence-corrected chi connectivity index (χ4v) is 2.78. The third-order valence-electron chi connectivity index (χ3n) is 3.28. The minimum absolute atomic E-state index is 0.318. The first-order valence-corrected chi connectivity index (χ1v) is 7.78. The highest BCUT2D eigenvalue weighted by Crippen LogP contribution is 2.26. The van der Waals surface area contributed by atoms with E-state index in [1.165, 1.54) is 11.3 Å². The Morgan fingerprint density at radius 3 is 2.68 bits per heavy atom. The Kier molecular flexibility index (Phi) is 4.48. The molecule has 0 aliphatic carbocycles. The van der Waals surface area contributed by atoms with E-state index >= 15 is 0 Å². The molecule has 3 aromatic rings. The highest BCUT2D eigenvalue weighted by atomic mass is 32.1. The maximum atomic E-state index is 13.8. The molecule has 0 unspecified atom stereocenters. The quantitative estimate of drug-likeness (QED) is 0.556. The summed E-state index contributed by atoms with van der Waals surface area (Å²) in [6, 6.07) is 7.56. The van der Waals surface area contributed by atoms with Crippen LogP contribution in [0.5, 0.6) is 0 Å². The standard InChI is InChI=1S/C16H9F2N3O3S/c17-12-8-13(18)14(21(23)24)7-11(12)15(22)20-10-3-1-2-9(6-10)16-19-4-5-25-16/h1-8H,(H,20,22). The van der Waals surface area contributed by atoms with Crippen LogP contribution in [0.2, 0.25) is 0 Å². The Balaban J connectivity index is 1.89. The van der Waals surface area contributed by atoms with E-state index in [2.05, 4.69) is 10.3 Å². The zero-order valence-electron chi connectivity index (χ0n) is 12.4. The van der Waals surface area contributed by atoms with Gasteiger partial charge in [-0.05, 0) is 12.1 Å². The molecule has 0 radical (unpaired) electrons. The Morgan fingerprint density at radius 1 is 1.20 bits per heavy atom. The van der Waals surface area contributed by atoms with Crippen molar-refractivity contribution in [3.63, 3.8) is 0 Å². The van der Waals surface area contributed by atoms with Gasteiger partial charge in [-0.3, -0.25) is 14.9 Å². The van der Waals surface area contributed by atoms with Crippen molar-refractivity contribution < 1.29 is 18.5 Å². The number of anilines is 1. The first kappa shape index (κ1) is 16.7. The molecule has 2 aromatic carbocycles. The molecule has 0 aliphatic heterocycles. The van der Waals surface area contributed by atoms with Gasteiger partial charge >= 0.3 is 5.69 Å². The van der Waals surface area contributed by atoms with E-state index in [1.54, 1.807) is 35.8 Å². The molecule has 0 fully saturated rings. The van der Waals surface area contributed by atoms with Crippen molar-refractivity contribution in [1.82, 2.24) is 4.98 Å². The smallest absolute Gasteiger partial charge is 0.305 e. The number of rotatable bonds is 4. The van der Waals surface area contributed by atoms with E-state index in [-0.39, 0.29) is 0 Å². The second kappa shape index (κ2) is 6.73. The summed E-state index contributed by atoms with van der Waals surface area (Å²) in [5.74, 6) is -3.45. The monoisotopic (exact) mass is 361 g/mol. The number of amides is 1. The van der Waals surface area contributed by atoms with Crippen molar-refractivity contribution in [1.29, 1.82) is 0 Å². The molecule has 25 heavy (non-hydrogen) atoms. The van der Waals surface area contributed by atoms with Crippen LogP contribution in [-0.2, 0) is 0 Å². The lowest BCUT2D eigenvalue weighted by Gasteiger charge is -2.08. The molecule has 3 rings (SSSR count). The van der Waals surface area contributed by atoms with Crippen LogP contribution >= 0.6 is 11.3 Å². The number of nitrogens with zero attached hydrogens (tertiary/aromatic N) is 2. The van der Waals surface area contributed by atoms with Crippen LogP contribution < -0.4 is 5.32 Å². The third-order valence-corrected chi connectivity index (χ3v) is 4.10. The van der Waals surface area contributed by atoms with E-state index in [9.17, 15) is 23.7 Å². The number of nitrogens with one attached hydrogen (secondary N) is 1. The molecule has 0 spiro atoms. The third kappa shape index (κ3) is 3.50. The summed E-state index contributed by atoms with van der Waals surface area (Å²) in [6.45, 7) is 0. The van der Waals surface area contributed by atoms with Crippen LogP contribution in [0.1, 0.15) is 10.4 Å². The van der Waals surface area contributed by atoms with Crippen molar-refractivity contribution in [2.75, 3.05) is 5.32 Å². The molecule has 1 N–H and O–H groups in total. The summed E-state index contributed by atoms with van der Waals surface area (Å²) in [4.78, 5) is 26.1. The van der Waals surface area contributed by atoms with E-state index < -0.39 is 33.7 Å². The zero-order valence-corrected chi connectivity index (χ0v) is 13.2. The fourth-order valence-electron chi connectivity index (χ4n) is 2.15. The maximum Gasteiger partial charge on any atom is 0.305 e. The van der Waals surface area contributed by atoms with Gasteiger partial charge in [-0.15, -0.1) is 11.3 Å². The minimum atomic E-state index is -1.34. The molecular weight excluding hydrogens is 352 g/mol. The van der Waals surface area contributed by atoms with Crippen molar-refractivity contribution in [2.24, 2.45) is 0 Å². The van der Waals surface area contributed by atoms with Crippen LogP contribution in [0, 0.1) is 21.7 Å². The molecule has 1 aromatic heterocycles. The molecule has 126 valence electrons. The van der Waals surface area contributed by atoms with Gasteiger partial charge in [0, 0.05) is 35.0 Å². The summed E-state index contributed by atoms with van der Waals surface area (Å²) in [5.41, 5.74) is -0.488. The van der Waals surface area contributed by atoms with Gasteiger partial charge in [0.2, 0.25) is 5.82 Å². The van der Waals surface area contributed by atoms with Crippen LogP contribution in [0.15, 0.2) is 48.0 Å². The Hall–Kier alpha value is -3.20. The number of carbonyl (C=O) groups is 1. The maximum absolute atomic E-state index is 13.8. The van der Waals surface area contributed by atoms with Gasteiger partial charge in [0.05, 0.1) is 10.5 Å². The SMILES string of the molecule is O=C(Nc1cccc(-c2nccs2)c1)c1cc([N+](=O)[O-])c(F)cc1F. The van der Waals surface area contributed by atoms with Gasteiger partial charge in [-0.25, -0.2) is 9.37 Å². The van der Waals surface area contributed by atoms with Crippen LogP contribution in [0.4, 0.5) is 20.2 Å². The van der Waals surface area contributed by atoms with Gasteiger partial charge in [-0.1, -0.05) is 12.1 Å². The number of aromatic nitrogens is 1. The van der Waals surface area contributed by atoms with Gasteiger partial charge in [0.1, 0.15) is 10.8 Å². The van der Waals surface area contributed by atoms with Crippen molar-refractivity contribution in [2.45, 2.75) is 0 Å². The summed E-state index contributed by atoms with van der Waals surface area (Å²) >= 11 is 1.41.